The zero-order valence-corrected chi connectivity index (χ0v) is 9.72. The lowest BCUT2D eigenvalue weighted by Gasteiger charge is -2.13. The van der Waals surface area contributed by atoms with Crippen LogP contribution in [0.2, 0.25) is 0 Å². The summed E-state index contributed by atoms with van der Waals surface area (Å²) in [5.74, 6) is 0.968. The lowest BCUT2D eigenvalue weighted by atomic mass is 10.0. The van der Waals surface area contributed by atoms with Crippen LogP contribution in [0, 0.1) is 11.8 Å². The molecule has 0 aliphatic rings. The van der Waals surface area contributed by atoms with E-state index in [1.54, 1.807) is 7.05 Å². The van der Waals surface area contributed by atoms with Crippen molar-refractivity contribution >= 4 is 11.7 Å². The Balaban J connectivity index is 4.39. The van der Waals surface area contributed by atoms with Gasteiger partial charge >= 0.3 is 0 Å². The van der Waals surface area contributed by atoms with Crippen molar-refractivity contribution in [2.75, 3.05) is 7.05 Å². The van der Waals surface area contributed by atoms with E-state index >= 15 is 0 Å². The van der Waals surface area contributed by atoms with Gasteiger partial charge in [0, 0.05) is 18.5 Å². The molecule has 0 aromatic rings. The normalized spacial score (nSPS) is 12.1. The van der Waals surface area contributed by atoms with Crippen LogP contribution in [0.3, 0.4) is 0 Å². The summed E-state index contributed by atoms with van der Waals surface area (Å²) in [6.07, 6.45) is 0. The van der Waals surface area contributed by atoms with Crippen LogP contribution in [0.4, 0.5) is 0 Å². The van der Waals surface area contributed by atoms with E-state index in [4.69, 9.17) is 0 Å². The second-order valence-corrected chi connectivity index (χ2v) is 3.90. The first kappa shape index (κ1) is 12.9. The second kappa shape index (κ2) is 5.58. The molecule has 0 aliphatic heterocycles. The Morgan fingerprint density at radius 3 is 2.00 bits per heavy atom. The molecule has 0 aromatic heterocycles. The van der Waals surface area contributed by atoms with Crippen molar-refractivity contribution in [1.29, 1.82) is 0 Å². The molecule has 0 spiro atoms. The maximum Gasteiger partial charge on any atom is 0.252 e. The number of nitrogens with zero attached hydrogens (tertiary/aromatic N) is 1. The van der Waals surface area contributed by atoms with Gasteiger partial charge in [-0.05, 0) is 5.92 Å². The molecule has 0 heterocycles. The lowest BCUT2D eigenvalue weighted by molar-refractivity contribution is -0.116. The first-order valence-corrected chi connectivity index (χ1v) is 4.87. The molecule has 1 N–H and O–H groups in total. The molecule has 80 valence electrons. The van der Waals surface area contributed by atoms with E-state index in [9.17, 15) is 4.79 Å². The second-order valence-electron chi connectivity index (χ2n) is 3.90. The standard InChI is InChI=1S/C11H20N2O/c1-7(2)9(5)11(14)13-10(12-6)8(3)4/h7-8H,5H2,1-4,6H3,(H,12,13,14). The zero-order chi connectivity index (χ0) is 11.3. The van der Waals surface area contributed by atoms with Crippen molar-refractivity contribution < 1.29 is 4.79 Å². The van der Waals surface area contributed by atoms with E-state index in [0.717, 1.165) is 0 Å². The van der Waals surface area contributed by atoms with E-state index < -0.39 is 0 Å². The Hall–Kier alpha value is -1.12. The minimum absolute atomic E-state index is 0.130. The molecular weight excluding hydrogens is 176 g/mol. The van der Waals surface area contributed by atoms with Gasteiger partial charge in [0.2, 0.25) is 0 Å². The summed E-state index contributed by atoms with van der Waals surface area (Å²) in [6, 6.07) is 0. The molecule has 0 unspecified atom stereocenters. The van der Waals surface area contributed by atoms with Gasteiger partial charge in [-0.3, -0.25) is 9.79 Å². The summed E-state index contributed by atoms with van der Waals surface area (Å²) < 4.78 is 0. The average Bonchev–Trinajstić information content (AvgIpc) is 2.11. The highest BCUT2D eigenvalue weighted by atomic mass is 16.1. The van der Waals surface area contributed by atoms with E-state index in [1.165, 1.54) is 0 Å². The number of rotatable bonds is 3. The number of hydrogen-bond acceptors (Lipinski definition) is 2. The van der Waals surface area contributed by atoms with Gasteiger partial charge < -0.3 is 5.32 Å². The van der Waals surface area contributed by atoms with Crippen molar-refractivity contribution in [1.82, 2.24) is 5.32 Å². The van der Waals surface area contributed by atoms with Gasteiger partial charge in [-0.2, -0.15) is 0 Å². The van der Waals surface area contributed by atoms with Crippen LogP contribution in [0.15, 0.2) is 17.1 Å². The summed E-state index contributed by atoms with van der Waals surface area (Å²) in [4.78, 5) is 15.6. The molecule has 0 rings (SSSR count). The van der Waals surface area contributed by atoms with Crippen LogP contribution >= 0.6 is 0 Å². The van der Waals surface area contributed by atoms with Crippen molar-refractivity contribution in [3.63, 3.8) is 0 Å². The summed E-state index contributed by atoms with van der Waals surface area (Å²) in [5, 5.41) is 2.76. The first-order chi connectivity index (χ1) is 6.40. The van der Waals surface area contributed by atoms with Crippen LogP contribution in [-0.4, -0.2) is 18.8 Å². The van der Waals surface area contributed by atoms with Gasteiger partial charge in [0.1, 0.15) is 5.84 Å². The van der Waals surface area contributed by atoms with E-state index in [-0.39, 0.29) is 17.7 Å². The summed E-state index contributed by atoms with van der Waals surface area (Å²) in [7, 11) is 1.67. The van der Waals surface area contributed by atoms with E-state index in [0.29, 0.717) is 11.4 Å². The van der Waals surface area contributed by atoms with Gasteiger partial charge in [-0.1, -0.05) is 34.3 Å². The maximum atomic E-state index is 11.6. The zero-order valence-electron chi connectivity index (χ0n) is 9.72. The SMILES string of the molecule is C=C(C(=O)N/C(=N\C)C(C)C)C(C)C. The van der Waals surface area contributed by atoms with Gasteiger partial charge in [0.25, 0.3) is 5.91 Å². The summed E-state index contributed by atoms with van der Waals surface area (Å²) >= 11 is 0. The molecule has 0 aromatic carbocycles. The average molecular weight is 196 g/mol. The molecule has 0 aliphatic carbocycles. The molecular formula is C11H20N2O. The molecule has 1 amide bonds. The highest BCUT2D eigenvalue weighted by Crippen LogP contribution is 2.06. The Morgan fingerprint density at radius 2 is 1.71 bits per heavy atom. The minimum atomic E-state index is -0.130. The third-order valence-electron chi connectivity index (χ3n) is 2.02. The van der Waals surface area contributed by atoms with Gasteiger partial charge in [-0.15, -0.1) is 0 Å². The number of amidine groups is 1. The molecule has 0 bridgehead atoms. The molecule has 14 heavy (non-hydrogen) atoms. The first-order valence-electron chi connectivity index (χ1n) is 4.87. The number of nitrogens with one attached hydrogen (secondary N) is 1. The number of aliphatic imine (C=N–C) groups is 1. The van der Waals surface area contributed by atoms with Crippen molar-refractivity contribution in [3.05, 3.63) is 12.2 Å². The number of hydrogen-bond donors (Lipinski definition) is 1. The highest BCUT2D eigenvalue weighted by Gasteiger charge is 2.13. The molecule has 3 nitrogen and oxygen atoms in total. The smallest absolute Gasteiger partial charge is 0.252 e. The topological polar surface area (TPSA) is 41.5 Å². The van der Waals surface area contributed by atoms with Crippen LogP contribution in [-0.2, 0) is 4.79 Å². The van der Waals surface area contributed by atoms with Crippen LogP contribution < -0.4 is 5.32 Å². The van der Waals surface area contributed by atoms with Crippen LogP contribution in [0.5, 0.6) is 0 Å². The largest absolute Gasteiger partial charge is 0.310 e. The quantitative estimate of drug-likeness (QED) is 0.418. The highest BCUT2D eigenvalue weighted by molar-refractivity contribution is 6.06. The van der Waals surface area contributed by atoms with Crippen molar-refractivity contribution in [3.8, 4) is 0 Å². The third kappa shape index (κ3) is 3.73. The maximum absolute atomic E-state index is 11.6. The molecule has 0 saturated carbocycles. The fourth-order valence-electron chi connectivity index (χ4n) is 0.917. The van der Waals surface area contributed by atoms with Crippen molar-refractivity contribution in [2.24, 2.45) is 16.8 Å². The number of amides is 1. The molecule has 0 saturated heterocycles. The van der Waals surface area contributed by atoms with Crippen LogP contribution in [0.25, 0.3) is 0 Å². The number of carbonyl (C=O) groups excluding carboxylic acids is 1. The van der Waals surface area contributed by atoms with Gasteiger partial charge in [0.05, 0.1) is 0 Å². The van der Waals surface area contributed by atoms with Gasteiger partial charge in [-0.25, -0.2) is 0 Å². The Kier molecular flexibility index (Phi) is 5.13. The fourth-order valence-corrected chi connectivity index (χ4v) is 0.917. The Labute approximate surface area is 86.3 Å². The Morgan fingerprint density at radius 1 is 1.21 bits per heavy atom. The third-order valence-corrected chi connectivity index (χ3v) is 2.02. The number of carbonyl (C=O) groups is 1. The monoisotopic (exact) mass is 196 g/mol. The molecule has 0 atom stereocenters. The Bertz CT molecular complexity index is 252. The molecule has 0 radical (unpaired) electrons. The fraction of sp³-hybridized carbons (Fsp3) is 0.636. The predicted octanol–water partition coefficient (Wildman–Crippen LogP) is 2.00. The summed E-state index contributed by atoms with van der Waals surface area (Å²) in [6.45, 7) is 11.6. The predicted molar refractivity (Wildman–Crippen MR) is 60.3 cm³/mol. The minimum Gasteiger partial charge on any atom is -0.310 e. The van der Waals surface area contributed by atoms with Crippen molar-refractivity contribution in [2.45, 2.75) is 27.7 Å². The molecule has 0 fully saturated rings. The van der Waals surface area contributed by atoms with E-state index in [2.05, 4.69) is 16.9 Å². The van der Waals surface area contributed by atoms with Crippen LogP contribution in [0.1, 0.15) is 27.7 Å². The summed E-state index contributed by atoms with van der Waals surface area (Å²) in [5.41, 5.74) is 0.590. The van der Waals surface area contributed by atoms with E-state index in [1.807, 2.05) is 27.7 Å². The molecule has 3 heteroatoms. The van der Waals surface area contributed by atoms with Gasteiger partial charge in [0.15, 0.2) is 0 Å². The lowest BCUT2D eigenvalue weighted by Crippen LogP contribution is -2.35.